The SMILES string of the molecule is C=CC.FC(F)C(F)(F)C(F)(F)C(F)(F)C(F)(F)C(F)(F)C(F)(F)F. The van der Waals surface area contributed by atoms with Crippen LogP contribution in [0, 0.1) is 0 Å². The predicted octanol–water partition coefficient (Wildman–Crippen LogP) is 6.18. The van der Waals surface area contributed by atoms with Gasteiger partial charge in [-0.05, 0) is 6.92 Å². The highest BCUT2D eigenvalue weighted by Gasteiger charge is 2.91. The van der Waals surface area contributed by atoms with Crippen molar-refractivity contribution in [2.45, 2.75) is 49.1 Å². The van der Waals surface area contributed by atoms with Gasteiger partial charge in [0.05, 0.1) is 0 Å². The Labute approximate surface area is 129 Å². The van der Waals surface area contributed by atoms with Gasteiger partial charge >= 0.3 is 42.2 Å². The first-order valence-corrected chi connectivity index (χ1v) is 5.42. The van der Waals surface area contributed by atoms with Crippen LogP contribution in [0.2, 0.25) is 0 Å². The lowest BCUT2D eigenvalue weighted by Gasteiger charge is -2.39. The average molecular weight is 412 g/mol. The lowest BCUT2D eigenvalue weighted by Crippen LogP contribution is -2.71. The quantitative estimate of drug-likeness (QED) is 0.374. The molecule has 0 aliphatic heterocycles. The molecule has 15 heteroatoms. The molecule has 152 valence electrons. The molecule has 0 unspecified atom stereocenters. The highest BCUT2D eigenvalue weighted by atomic mass is 19.4. The maximum atomic E-state index is 12.6. The topological polar surface area (TPSA) is 0 Å². The molecule has 0 amide bonds. The van der Waals surface area contributed by atoms with Crippen molar-refractivity contribution in [2.75, 3.05) is 0 Å². The van der Waals surface area contributed by atoms with E-state index in [0.717, 1.165) is 0 Å². The molecule has 0 N–H and O–H groups in total. The van der Waals surface area contributed by atoms with Crippen LogP contribution in [0.15, 0.2) is 12.7 Å². The maximum Gasteiger partial charge on any atom is 0.460 e. The van der Waals surface area contributed by atoms with Crippen LogP contribution in [-0.2, 0) is 0 Å². The van der Waals surface area contributed by atoms with E-state index in [1.807, 2.05) is 6.92 Å². The van der Waals surface area contributed by atoms with E-state index in [1.54, 1.807) is 6.08 Å². The molecule has 0 rings (SSSR count). The summed E-state index contributed by atoms with van der Waals surface area (Å²) in [5, 5.41) is 0. The average Bonchev–Trinajstić information content (AvgIpc) is 2.36. The van der Waals surface area contributed by atoms with Crippen LogP contribution in [-0.4, -0.2) is 42.2 Å². The minimum Gasteiger partial charge on any atom is -0.203 e. The summed E-state index contributed by atoms with van der Waals surface area (Å²) in [6.45, 7) is 5.25. The van der Waals surface area contributed by atoms with Crippen LogP contribution < -0.4 is 0 Å². The molecule has 0 saturated heterocycles. The van der Waals surface area contributed by atoms with Gasteiger partial charge in [-0.15, -0.1) is 6.58 Å². The van der Waals surface area contributed by atoms with Crippen molar-refractivity contribution in [2.24, 2.45) is 0 Å². The van der Waals surface area contributed by atoms with Gasteiger partial charge in [0.25, 0.3) is 0 Å². The first-order chi connectivity index (χ1) is 10.6. The number of rotatable bonds is 5. The van der Waals surface area contributed by atoms with E-state index in [2.05, 4.69) is 6.58 Å². The second kappa shape index (κ2) is 7.13. The highest BCUT2D eigenvalue weighted by molar-refractivity contribution is 5.10. The van der Waals surface area contributed by atoms with Gasteiger partial charge in [-0.2, -0.15) is 57.1 Å². The number of allylic oxidation sites excluding steroid dienone is 1. The zero-order valence-corrected chi connectivity index (χ0v) is 11.5. The zero-order valence-electron chi connectivity index (χ0n) is 11.5. The van der Waals surface area contributed by atoms with Gasteiger partial charge in [-0.3, -0.25) is 0 Å². The summed E-state index contributed by atoms with van der Waals surface area (Å²) >= 11 is 0. The van der Waals surface area contributed by atoms with Crippen molar-refractivity contribution in [3.05, 3.63) is 12.7 Å². The standard InChI is InChI=1S/C7HF15.C3H6/c8-1(9)2(10,11)3(12,13)4(14,15)5(16,17)6(18,19)7(20,21)22;1-3-2/h1H;3H,1H2,2H3. The van der Waals surface area contributed by atoms with Crippen LogP contribution in [0.3, 0.4) is 0 Å². The molecule has 0 atom stereocenters. The van der Waals surface area contributed by atoms with E-state index in [9.17, 15) is 65.9 Å². The molecular weight excluding hydrogens is 405 g/mol. The lowest BCUT2D eigenvalue weighted by molar-refractivity contribution is -0.445. The molecule has 0 bridgehead atoms. The summed E-state index contributed by atoms with van der Waals surface area (Å²) in [5.41, 5.74) is 0. The van der Waals surface area contributed by atoms with Gasteiger partial charge in [-0.1, -0.05) is 6.08 Å². The van der Waals surface area contributed by atoms with Gasteiger partial charge in [0.15, 0.2) is 0 Å². The third-order valence-electron chi connectivity index (χ3n) is 2.23. The van der Waals surface area contributed by atoms with Gasteiger partial charge in [0, 0.05) is 0 Å². The van der Waals surface area contributed by atoms with Crippen molar-refractivity contribution < 1.29 is 65.9 Å². The molecule has 0 saturated carbocycles. The summed E-state index contributed by atoms with van der Waals surface area (Å²) in [7, 11) is 0. The minimum absolute atomic E-state index is 1.75. The Morgan fingerprint density at radius 2 is 0.840 bits per heavy atom. The lowest BCUT2D eigenvalue weighted by atomic mass is 9.94. The smallest absolute Gasteiger partial charge is 0.203 e. The number of hydrogen-bond donors (Lipinski definition) is 0. The molecule has 0 aliphatic carbocycles. The molecule has 0 nitrogen and oxygen atoms in total. The molecule has 0 spiro atoms. The molecule has 0 aliphatic rings. The van der Waals surface area contributed by atoms with E-state index in [4.69, 9.17) is 0 Å². The van der Waals surface area contributed by atoms with Crippen molar-refractivity contribution >= 4 is 0 Å². The second-order valence-corrected chi connectivity index (χ2v) is 4.13. The normalized spacial score (nSPS) is 14.9. The molecule has 0 heterocycles. The van der Waals surface area contributed by atoms with Crippen molar-refractivity contribution in [3.63, 3.8) is 0 Å². The van der Waals surface area contributed by atoms with Gasteiger partial charge in [0.2, 0.25) is 0 Å². The molecular formula is C10H7F15. The van der Waals surface area contributed by atoms with Crippen molar-refractivity contribution in [3.8, 4) is 0 Å². The fourth-order valence-electron chi connectivity index (χ4n) is 0.919. The summed E-state index contributed by atoms with van der Waals surface area (Å²) in [4.78, 5) is 0. The minimum atomic E-state index is -8.17. The molecule has 0 aromatic rings. The predicted molar refractivity (Wildman–Crippen MR) is 52.7 cm³/mol. The van der Waals surface area contributed by atoms with Crippen molar-refractivity contribution in [1.29, 1.82) is 0 Å². The number of halogens is 15. The van der Waals surface area contributed by atoms with Gasteiger partial charge in [-0.25, -0.2) is 8.78 Å². The number of hydrogen-bond acceptors (Lipinski definition) is 0. The first-order valence-electron chi connectivity index (χ1n) is 5.42. The number of alkyl halides is 15. The monoisotopic (exact) mass is 412 g/mol. The summed E-state index contributed by atoms with van der Waals surface area (Å²) in [6.07, 6.45) is -11.6. The van der Waals surface area contributed by atoms with Gasteiger partial charge < -0.3 is 0 Å². The Balaban J connectivity index is 0. The molecule has 0 radical (unpaired) electrons. The highest BCUT2D eigenvalue weighted by Crippen LogP contribution is 2.60. The second-order valence-electron chi connectivity index (χ2n) is 4.13. The molecule has 0 aromatic carbocycles. The van der Waals surface area contributed by atoms with E-state index in [1.165, 1.54) is 0 Å². The third-order valence-corrected chi connectivity index (χ3v) is 2.23. The largest absolute Gasteiger partial charge is 0.460 e. The Morgan fingerprint density at radius 3 is 1.04 bits per heavy atom. The Hall–Kier alpha value is -1.31. The zero-order chi connectivity index (χ0) is 21.3. The Kier molecular flexibility index (Phi) is 7.39. The van der Waals surface area contributed by atoms with Crippen LogP contribution in [0.5, 0.6) is 0 Å². The third kappa shape index (κ3) is 3.93. The molecule has 25 heavy (non-hydrogen) atoms. The van der Waals surface area contributed by atoms with Crippen LogP contribution in [0.4, 0.5) is 65.9 Å². The Bertz CT molecular complexity index is 444. The molecule has 0 aromatic heterocycles. The summed E-state index contributed by atoms with van der Waals surface area (Å²) in [6, 6.07) is 0. The van der Waals surface area contributed by atoms with Crippen LogP contribution in [0.25, 0.3) is 0 Å². The summed E-state index contributed by atoms with van der Waals surface area (Å²) in [5.74, 6) is -39.5. The fraction of sp³-hybridized carbons (Fsp3) is 0.800. The Morgan fingerprint density at radius 1 is 0.600 bits per heavy atom. The first kappa shape index (κ1) is 25.9. The van der Waals surface area contributed by atoms with Crippen LogP contribution >= 0.6 is 0 Å². The molecule has 0 fully saturated rings. The van der Waals surface area contributed by atoms with Gasteiger partial charge in [0.1, 0.15) is 0 Å². The summed E-state index contributed by atoms with van der Waals surface area (Å²) < 4.78 is 182. The van der Waals surface area contributed by atoms with Crippen molar-refractivity contribution in [1.82, 2.24) is 0 Å². The van der Waals surface area contributed by atoms with E-state index < -0.39 is 42.2 Å². The fourth-order valence-corrected chi connectivity index (χ4v) is 0.919. The van der Waals surface area contributed by atoms with E-state index >= 15 is 0 Å². The maximum absolute atomic E-state index is 12.6. The van der Waals surface area contributed by atoms with E-state index in [0.29, 0.717) is 0 Å². The van der Waals surface area contributed by atoms with E-state index in [-0.39, 0.29) is 0 Å². The van der Waals surface area contributed by atoms with Crippen LogP contribution in [0.1, 0.15) is 6.92 Å².